The molecule has 2 heterocycles. The van der Waals surface area contributed by atoms with Gasteiger partial charge >= 0.3 is 23.0 Å². The maximum absolute atomic E-state index is 11.8. The summed E-state index contributed by atoms with van der Waals surface area (Å²) in [4.78, 5) is 10.6. The number of halogens is 3. The van der Waals surface area contributed by atoms with Gasteiger partial charge in [-0.1, -0.05) is 0 Å². The summed E-state index contributed by atoms with van der Waals surface area (Å²) in [5, 5.41) is 5.86. The molecule has 0 unspecified atom stereocenters. The van der Waals surface area contributed by atoms with Crippen LogP contribution >= 0.6 is 0 Å². The molecule has 2 rings (SSSR count). The van der Waals surface area contributed by atoms with Crippen molar-refractivity contribution < 1.29 is 52.6 Å². The van der Waals surface area contributed by atoms with Crippen LogP contribution in [0.25, 0.3) is 10.9 Å². The number of sulfonamides is 1. The van der Waals surface area contributed by atoms with Gasteiger partial charge in [-0.3, -0.25) is 0 Å². The van der Waals surface area contributed by atoms with E-state index in [1.165, 1.54) is 26.4 Å². The van der Waals surface area contributed by atoms with Crippen molar-refractivity contribution in [3.05, 3.63) is 35.3 Å². The zero-order chi connectivity index (χ0) is 20.7. The Balaban J connectivity index is 0.000000535. The fourth-order valence-corrected chi connectivity index (χ4v) is 2.05. The van der Waals surface area contributed by atoms with Gasteiger partial charge in [0.1, 0.15) is 21.8 Å². The van der Waals surface area contributed by atoms with Crippen molar-refractivity contribution in [3.8, 4) is 17.5 Å². The number of pyridine rings is 1. The number of nitrogens with zero attached hydrogens (tertiary/aromatic N) is 3. The topological polar surface area (TPSA) is 148 Å². The van der Waals surface area contributed by atoms with Gasteiger partial charge in [-0.25, -0.2) is 13.4 Å². The first-order chi connectivity index (χ1) is 12.5. The van der Waals surface area contributed by atoms with Gasteiger partial charge in [0.15, 0.2) is 17.4 Å². The average Bonchev–Trinajstić information content (AvgIpc) is 2.58. The Morgan fingerprint density at radius 2 is 1.68 bits per heavy atom. The van der Waals surface area contributed by atoms with Gasteiger partial charge in [-0.15, -0.1) is 0 Å². The van der Waals surface area contributed by atoms with Crippen LogP contribution in [0.3, 0.4) is 0 Å². The SMILES string of the molecule is COc1cc(OC)nc([NH-])n1.[Co+2].[NH-]S(=O)(=O)c1ncccc1OCC(F)(F)F. The molecule has 28 heavy (non-hydrogen) atoms. The Labute approximate surface area is 168 Å². The molecule has 10 nitrogen and oxygen atoms in total. The van der Waals surface area contributed by atoms with Gasteiger partial charge in [0.05, 0.1) is 14.2 Å². The van der Waals surface area contributed by atoms with Gasteiger partial charge in [-0.05, 0) is 12.1 Å². The molecule has 0 aliphatic carbocycles. The smallest absolute Gasteiger partial charge is 0.558 e. The van der Waals surface area contributed by atoms with Gasteiger partial charge in [0.2, 0.25) is 0 Å². The maximum Gasteiger partial charge on any atom is 2.00 e. The summed E-state index contributed by atoms with van der Waals surface area (Å²) < 4.78 is 70.9. The Kier molecular flexibility index (Phi) is 9.92. The number of alkyl halides is 3. The largest absolute Gasteiger partial charge is 2.00 e. The van der Waals surface area contributed by atoms with E-state index in [1.54, 1.807) is 0 Å². The van der Waals surface area contributed by atoms with E-state index in [0.717, 1.165) is 12.3 Å². The van der Waals surface area contributed by atoms with Crippen LogP contribution in [0.15, 0.2) is 29.4 Å². The number of aromatic nitrogens is 3. The van der Waals surface area contributed by atoms with Crippen molar-refractivity contribution in [2.24, 2.45) is 0 Å². The average molecular weight is 468 g/mol. The minimum Gasteiger partial charge on any atom is -0.558 e. The van der Waals surface area contributed by atoms with Gasteiger partial charge in [-0.2, -0.15) is 13.2 Å². The van der Waals surface area contributed by atoms with E-state index in [0.29, 0.717) is 11.8 Å². The summed E-state index contributed by atoms with van der Waals surface area (Å²) in [5.41, 5.74) is 7.10. The normalized spacial score (nSPS) is 10.8. The first-order valence-electron chi connectivity index (χ1n) is 6.79. The molecule has 1 radical (unpaired) electrons. The predicted molar refractivity (Wildman–Crippen MR) is 86.4 cm³/mol. The summed E-state index contributed by atoms with van der Waals surface area (Å²) >= 11 is 0. The van der Waals surface area contributed by atoms with E-state index in [4.69, 9.17) is 20.3 Å². The van der Waals surface area contributed by atoms with Crippen molar-refractivity contribution in [1.29, 1.82) is 0 Å². The molecule has 2 aromatic rings. The molecule has 0 fully saturated rings. The third kappa shape index (κ3) is 9.02. The number of rotatable bonds is 5. The molecule has 0 spiro atoms. The van der Waals surface area contributed by atoms with Crippen molar-refractivity contribution in [2.45, 2.75) is 11.2 Å². The molecule has 157 valence electrons. The summed E-state index contributed by atoms with van der Waals surface area (Å²) in [7, 11) is -1.51. The van der Waals surface area contributed by atoms with Gasteiger partial charge in [0.25, 0.3) is 0 Å². The van der Waals surface area contributed by atoms with Crippen LogP contribution in [0.1, 0.15) is 0 Å². The molecule has 0 atom stereocenters. The molecule has 0 bridgehead atoms. The molecule has 0 aromatic carbocycles. The van der Waals surface area contributed by atoms with Crippen molar-refractivity contribution in [3.63, 3.8) is 0 Å². The van der Waals surface area contributed by atoms with E-state index in [1.807, 2.05) is 0 Å². The fourth-order valence-electron chi connectivity index (χ4n) is 1.46. The maximum atomic E-state index is 11.8. The van der Waals surface area contributed by atoms with Crippen molar-refractivity contribution >= 4 is 16.0 Å². The number of methoxy groups -OCH3 is 2. The molecule has 2 aromatic heterocycles. The molecular formula is C13H14CoF3N5O5S. The number of ether oxygens (including phenoxy) is 3. The fraction of sp³-hybridized carbons (Fsp3) is 0.308. The molecule has 0 saturated carbocycles. The number of nitrogens with one attached hydrogen (secondary N) is 2. The van der Waals surface area contributed by atoms with E-state index in [2.05, 4.69) is 19.7 Å². The van der Waals surface area contributed by atoms with Gasteiger partial charge in [0, 0.05) is 18.2 Å². The minimum atomic E-state index is -4.58. The molecular weight excluding hydrogens is 454 g/mol. The Morgan fingerprint density at radius 1 is 1.14 bits per heavy atom. The second-order valence-electron chi connectivity index (χ2n) is 4.49. The van der Waals surface area contributed by atoms with Gasteiger partial charge < -0.3 is 35.1 Å². The second kappa shape index (κ2) is 10.8. The van der Waals surface area contributed by atoms with Crippen LogP contribution in [-0.4, -0.2) is 50.4 Å². The van der Waals surface area contributed by atoms with Crippen LogP contribution in [-0.2, 0) is 26.8 Å². The Morgan fingerprint density at radius 3 is 2.11 bits per heavy atom. The zero-order valence-corrected chi connectivity index (χ0v) is 16.1. The van der Waals surface area contributed by atoms with Crippen molar-refractivity contribution in [2.75, 3.05) is 20.8 Å². The van der Waals surface area contributed by atoms with E-state index >= 15 is 0 Å². The van der Waals surface area contributed by atoms with Crippen molar-refractivity contribution in [1.82, 2.24) is 15.0 Å². The van der Waals surface area contributed by atoms with E-state index < -0.39 is 33.6 Å². The first kappa shape index (κ1) is 25.6. The third-order valence-electron chi connectivity index (χ3n) is 2.48. The third-order valence-corrected chi connectivity index (χ3v) is 3.30. The van der Waals surface area contributed by atoms with Crippen LogP contribution in [0.2, 0.25) is 0 Å². The summed E-state index contributed by atoms with van der Waals surface area (Å²) in [5.74, 6) is -0.0280. The standard InChI is InChI=1S/C7H6F3N2O3S.C6H8N3O2.Co/c8-7(9,10)4-15-5-2-1-3-12-6(5)16(11,13)14;1-10-4-3-5(11-2)9-6(7)8-4;/h1-3H,4H2,(H-,11,13,14);3H,1-2H3,(H-,7,8,9);/q2*-1;+2. The quantitative estimate of drug-likeness (QED) is 0.650. The molecule has 15 heteroatoms. The molecule has 0 aliphatic rings. The van der Waals surface area contributed by atoms with E-state index in [9.17, 15) is 21.6 Å². The first-order valence-corrected chi connectivity index (χ1v) is 8.27. The monoisotopic (exact) mass is 468 g/mol. The van der Waals surface area contributed by atoms with Crippen LogP contribution in [0, 0.1) is 0 Å². The van der Waals surface area contributed by atoms with E-state index in [-0.39, 0.29) is 22.7 Å². The Hall–Kier alpha value is -2.36. The zero-order valence-electron chi connectivity index (χ0n) is 14.3. The number of hydrogen-bond donors (Lipinski definition) is 0. The molecule has 0 amide bonds. The summed E-state index contributed by atoms with van der Waals surface area (Å²) in [6.07, 6.45) is -3.54. The molecule has 0 aliphatic heterocycles. The van der Waals surface area contributed by atoms with Crippen LogP contribution < -0.4 is 14.2 Å². The minimum absolute atomic E-state index is 0. The second-order valence-corrected chi connectivity index (χ2v) is 5.88. The summed E-state index contributed by atoms with van der Waals surface area (Å²) in [6.45, 7) is -1.64. The molecule has 2 N–H and O–H groups in total. The van der Waals surface area contributed by atoms with Crippen LogP contribution in [0.4, 0.5) is 19.1 Å². The summed E-state index contributed by atoms with van der Waals surface area (Å²) in [6, 6.07) is 3.72. The Bertz CT molecular complexity index is 848. The molecule has 0 saturated heterocycles. The number of hydrogen-bond acceptors (Lipinski definition) is 8. The van der Waals surface area contributed by atoms with Crippen LogP contribution in [0.5, 0.6) is 17.5 Å². The predicted octanol–water partition coefficient (Wildman–Crippen LogP) is 2.94.